The first-order chi connectivity index (χ1) is 5.34. The predicted octanol–water partition coefficient (Wildman–Crippen LogP) is 3.07. The molecule has 0 radical (unpaired) electrons. The Bertz CT molecular complexity index is 134. The lowest BCUT2D eigenvalue weighted by atomic mass is 10.0. The van der Waals surface area contributed by atoms with E-state index in [9.17, 15) is 22.0 Å². The first-order valence-corrected chi connectivity index (χ1v) is 3.64. The summed E-state index contributed by atoms with van der Waals surface area (Å²) in [7, 11) is 0. The van der Waals surface area contributed by atoms with Gasteiger partial charge in [-0.3, -0.25) is 0 Å². The molecule has 2 unspecified atom stereocenters. The van der Waals surface area contributed by atoms with Crippen LogP contribution in [0.15, 0.2) is 0 Å². The van der Waals surface area contributed by atoms with Gasteiger partial charge in [0.2, 0.25) is 0 Å². The highest BCUT2D eigenvalue weighted by atomic mass is 19.3. The van der Waals surface area contributed by atoms with Gasteiger partial charge in [0.05, 0.1) is 0 Å². The Balaban J connectivity index is 4.37. The summed E-state index contributed by atoms with van der Waals surface area (Å²) in [5.74, 6) is -4.22. The van der Waals surface area contributed by atoms with Crippen molar-refractivity contribution in [3.63, 3.8) is 0 Å². The van der Waals surface area contributed by atoms with Crippen molar-refractivity contribution in [3.8, 4) is 0 Å². The Labute approximate surface area is 67.8 Å². The summed E-state index contributed by atoms with van der Waals surface area (Å²) in [4.78, 5) is 0. The maximum atomic E-state index is 12.5. The summed E-state index contributed by atoms with van der Waals surface area (Å²) >= 11 is 0. The number of alkyl halides is 5. The smallest absolute Gasteiger partial charge is 0.244 e. The summed E-state index contributed by atoms with van der Waals surface area (Å²) in [5.41, 5.74) is 0. The molecule has 0 aromatic carbocycles. The Hall–Kier alpha value is -0.350. The lowest BCUT2D eigenvalue weighted by Crippen LogP contribution is -2.43. The maximum absolute atomic E-state index is 12.5. The number of hydrogen-bond donors (Lipinski definition) is 0. The monoisotopic (exact) mass is 190 g/mol. The predicted molar refractivity (Wildman–Crippen MR) is 35.6 cm³/mol. The van der Waals surface area contributed by atoms with Gasteiger partial charge in [0.15, 0.2) is 12.3 Å². The second-order valence-corrected chi connectivity index (χ2v) is 2.63. The van der Waals surface area contributed by atoms with E-state index in [1.54, 1.807) is 0 Å². The molecule has 0 aromatic heterocycles. The van der Waals surface area contributed by atoms with Gasteiger partial charge >= 0.3 is 5.92 Å². The molecule has 3 atom stereocenters. The standard InChI is InChI=1S/C7H11F5/c1-3-5(9)7(11,12)6(10)4(2)8/h4-6H,3H2,1-2H3/t4?,5?,6-/m0/s1. The topological polar surface area (TPSA) is 0 Å². The van der Waals surface area contributed by atoms with Crippen molar-refractivity contribution in [2.45, 2.75) is 44.7 Å². The van der Waals surface area contributed by atoms with Gasteiger partial charge in [-0.1, -0.05) is 6.92 Å². The van der Waals surface area contributed by atoms with Gasteiger partial charge in [-0.25, -0.2) is 22.0 Å². The van der Waals surface area contributed by atoms with Gasteiger partial charge in [-0.15, -0.1) is 0 Å². The van der Waals surface area contributed by atoms with Crippen LogP contribution in [0.5, 0.6) is 0 Å². The summed E-state index contributed by atoms with van der Waals surface area (Å²) in [6.07, 6.45) is -8.57. The van der Waals surface area contributed by atoms with E-state index >= 15 is 0 Å². The molecule has 74 valence electrons. The van der Waals surface area contributed by atoms with E-state index in [0.717, 1.165) is 6.92 Å². The van der Waals surface area contributed by atoms with E-state index in [1.165, 1.54) is 0 Å². The van der Waals surface area contributed by atoms with Crippen LogP contribution in [0.2, 0.25) is 0 Å². The van der Waals surface area contributed by atoms with Crippen molar-refractivity contribution in [1.82, 2.24) is 0 Å². The zero-order valence-corrected chi connectivity index (χ0v) is 6.83. The fraction of sp³-hybridized carbons (Fsp3) is 1.00. The van der Waals surface area contributed by atoms with E-state index in [1.807, 2.05) is 0 Å². The van der Waals surface area contributed by atoms with Crippen LogP contribution in [0.4, 0.5) is 22.0 Å². The average Bonchev–Trinajstić information content (AvgIpc) is 2.01. The van der Waals surface area contributed by atoms with Crippen LogP contribution in [0.3, 0.4) is 0 Å². The fourth-order valence-corrected chi connectivity index (χ4v) is 0.751. The molecule has 0 rings (SSSR count). The van der Waals surface area contributed by atoms with Crippen molar-refractivity contribution < 1.29 is 22.0 Å². The summed E-state index contributed by atoms with van der Waals surface area (Å²) in [6, 6.07) is 0. The highest BCUT2D eigenvalue weighted by Gasteiger charge is 2.50. The molecule has 0 nitrogen and oxygen atoms in total. The van der Waals surface area contributed by atoms with Gasteiger partial charge in [0, 0.05) is 0 Å². The molecule has 5 heteroatoms. The van der Waals surface area contributed by atoms with Gasteiger partial charge < -0.3 is 0 Å². The highest BCUT2D eigenvalue weighted by Crippen LogP contribution is 2.32. The largest absolute Gasteiger partial charge is 0.311 e. The molecule has 0 fully saturated rings. The minimum Gasteiger partial charge on any atom is -0.244 e. The van der Waals surface area contributed by atoms with Gasteiger partial charge in [0.25, 0.3) is 0 Å². The SMILES string of the molecule is CCC(F)C(F)(F)[C@@H](F)C(C)F. The normalized spacial score (nSPS) is 20.2. The van der Waals surface area contributed by atoms with E-state index in [2.05, 4.69) is 0 Å². The molecule has 0 aromatic rings. The maximum Gasteiger partial charge on any atom is 0.311 e. The number of rotatable bonds is 4. The quantitative estimate of drug-likeness (QED) is 0.597. The van der Waals surface area contributed by atoms with E-state index in [0.29, 0.717) is 6.92 Å². The molecule has 0 heterocycles. The second kappa shape index (κ2) is 4.05. The zero-order valence-electron chi connectivity index (χ0n) is 6.83. The molecular formula is C7H11F5. The van der Waals surface area contributed by atoms with E-state index < -0.39 is 30.9 Å². The second-order valence-electron chi connectivity index (χ2n) is 2.63. The van der Waals surface area contributed by atoms with Crippen molar-refractivity contribution in [2.75, 3.05) is 0 Å². The van der Waals surface area contributed by atoms with Gasteiger partial charge in [-0.05, 0) is 13.3 Å². The van der Waals surface area contributed by atoms with Crippen LogP contribution < -0.4 is 0 Å². The van der Waals surface area contributed by atoms with E-state index in [4.69, 9.17) is 0 Å². The molecule has 0 spiro atoms. The van der Waals surface area contributed by atoms with Crippen LogP contribution in [-0.2, 0) is 0 Å². The molecule has 0 amide bonds. The third-order valence-electron chi connectivity index (χ3n) is 1.55. The Morgan fingerprint density at radius 1 is 1.17 bits per heavy atom. The number of halogens is 5. The summed E-state index contributed by atoms with van der Waals surface area (Å²) in [5, 5.41) is 0. The average molecular weight is 190 g/mol. The van der Waals surface area contributed by atoms with Gasteiger partial charge in [0.1, 0.15) is 6.17 Å². The van der Waals surface area contributed by atoms with Crippen LogP contribution in [0.25, 0.3) is 0 Å². The zero-order chi connectivity index (χ0) is 9.94. The lowest BCUT2D eigenvalue weighted by Gasteiger charge is -2.23. The first-order valence-electron chi connectivity index (χ1n) is 3.64. The highest BCUT2D eigenvalue weighted by molar-refractivity contribution is 4.87. The third-order valence-corrected chi connectivity index (χ3v) is 1.55. The van der Waals surface area contributed by atoms with Crippen LogP contribution >= 0.6 is 0 Å². The fourth-order valence-electron chi connectivity index (χ4n) is 0.751. The first kappa shape index (κ1) is 11.6. The molecule has 0 saturated carbocycles. The minimum absolute atomic E-state index is 0.528. The molecule has 0 N–H and O–H groups in total. The van der Waals surface area contributed by atoms with Crippen molar-refractivity contribution in [2.24, 2.45) is 0 Å². The van der Waals surface area contributed by atoms with E-state index in [-0.39, 0.29) is 0 Å². The van der Waals surface area contributed by atoms with Crippen LogP contribution in [-0.4, -0.2) is 24.4 Å². The molecule has 0 bridgehead atoms. The number of hydrogen-bond acceptors (Lipinski definition) is 0. The van der Waals surface area contributed by atoms with Crippen molar-refractivity contribution >= 4 is 0 Å². The molecule has 0 saturated heterocycles. The molecule has 12 heavy (non-hydrogen) atoms. The molecule has 0 aliphatic heterocycles. The Kier molecular flexibility index (Phi) is 3.93. The molecule has 0 aliphatic carbocycles. The van der Waals surface area contributed by atoms with Crippen LogP contribution in [0.1, 0.15) is 20.3 Å². The molecule has 0 aliphatic rings. The molecular weight excluding hydrogens is 179 g/mol. The van der Waals surface area contributed by atoms with Crippen molar-refractivity contribution in [1.29, 1.82) is 0 Å². The summed E-state index contributed by atoms with van der Waals surface area (Å²) in [6.45, 7) is 1.79. The van der Waals surface area contributed by atoms with Gasteiger partial charge in [-0.2, -0.15) is 0 Å². The van der Waals surface area contributed by atoms with Crippen molar-refractivity contribution in [3.05, 3.63) is 0 Å². The Morgan fingerprint density at radius 3 is 1.83 bits per heavy atom. The summed E-state index contributed by atoms with van der Waals surface area (Å²) < 4.78 is 61.7. The third kappa shape index (κ3) is 2.32. The lowest BCUT2D eigenvalue weighted by molar-refractivity contribution is -0.144. The minimum atomic E-state index is -4.22. The van der Waals surface area contributed by atoms with Crippen LogP contribution in [0, 0.1) is 0 Å². The Morgan fingerprint density at radius 2 is 1.58 bits per heavy atom.